The van der Waals surface area contributed by atoms with Crippen molar-refractivity contribution in [3.05, 3.63) is 35.9 Å². The summed E-state index contributed by atoms with van der Waals surface area (Å²) in [4.78, 5) is 27.0. The molecular weight excluding hydrogens is 296 g/mol. The quantitative estimate of drug-likeness (QED) is 0.868. The van der Waals surface area contributed by atoms with Gasteiger partial charge in [-0.05, 0) is 24.8 Å². The number of likely N-dealkylation sites (tertiary alicyclic amines) is 1. The molecule has 0 bridgehead atoms. The van der Waals surface area contributed by atoms with Crippen LogP contribution in [0.4, 0.5) is 4.79 Å². The first-order valence-corrected chi connectivity index (χ1v) is 8.06. The van der Waals surface area contributed by atoms with E-state index in [4.69, 9.17) is 9.84 Å². The molecule has 6 nitrogen and oxygen atoms in total. The monoisotopic (exact) mass is 318 g/mol. The van der Waals surface area contributed by atoms with E-state index >= 15 is 0 Å². The third-order valence-electron chi connectivity index (χ3n) is 4.36. The fourth-order valence-electron chi connectivity index (χ4n) is 3.12. The van der Waals surface area contributed by atoms with Crippen LogP contribution < -0.4 is 0 Å². The molecule has 1 saturated carbocycles. The summed E-state index contributed by atoms with van der Waals surface area (Å²) in [5.41, 5.74) is 0.968. The second-order valence-electron chi connectivity index (χ2n) is 6.25. The molecule has 6 heteroatoms. The lowest BCUT2D eigenvalue weighted by atomic mass is 10.2. The molecule has 1 saturated heterocycles. The van der Waals surface area contributed by atoms with E-state index in [2.05, 4.69) is 0 Å². The van der Waals surface area contributed by atoms with Gasteiger partial charge >= 0.3 is 12.1 Å². The number of carboxylic acids is 1. The van der Waals surface area contributed by atoms with Crippen molar-refractivity contribution >= 4 is 12.1 Å². The van der Waals surface area contributed by atoms with Crippen LogP contribution in [0.2, 0.25) is 0 Å². The van der Waals surface area contributed by atoms with E-state index < -0.39 is 5.97 Å². The molecule has 0 radical (unpaired) electrons. The van der Waals surface area contributed by atoms with Gasteiger partial charge in [0, 0.05) is 25.2 Å². The molecule has 2 aliphatic rings. The minimum absolute atomic E-state index is 0.0358. The molecule has 1 unspecified atom stereocenters. The van der Waals surface area contributed by atoms with Gasteiger partial charge in [-0.1, -0.05) is 30.3 Å². The number of nitrogens with zero attached hydrogens (tertiary/aromatic N) is 2. The summed E-state index contributed by atoms with van der Waals surface area (Å²) in [7, 11) is 0. The Balaban J connectivity index is 1.56. The summed E-state index contributed by atoms with van der Waals surface area (Å²) in [5, 5.41) is 8.89. The molecule has 2 fully saturated rings. The molecule has 0 aromatic heterocycles. The fraction of sp³-hybridized carbons (Fsp3) is 0.529. The summed E-state index contributed by atoms with van der Waals surface area (Å²) >= 11 is 0. The van der Waals surface area contributed by atoms with Crippen LogP contribution in [0.3, 0.4) is 0 Å². The van der Waals surface area contributed by atoms with Crippen LogP contribution in [0.1, 0.15) is 24.8 Å². The maximum Gasteiger partial charge on any atom is 0.410 e. The molecule has 1 aliphatic heterocycles. The number of aliphatic carboxylic acids is 1. The number of benzene rings is 1. The van der Waals surface area contributed by atoms with Crippen molar-refractivity contribution in [1.29, 1.82) is 0 Å². The van der Waals surface area contributed by atoms with E-state index in [1.165, 1.54) is 0 Å². The van der Waals surface area contributed by atoms with Crippen LogP contribution >= 0.6 is 0 Å². The Bertz CT molecular complexity index is 559. The largest absolute Gasteiger partial charge is 0.480 e. The highest BCUT2D eigenvalue weighted by atomic mass is 16.6. The highest BCUT2D eigenvalue weighted by Crippen LogP contribution is 2.32. The Morgan fingerprint density at radius 2 is 1.91 bits per heavy atom. The molecule has 23 heavy (non-hydrogen) atoms. The van der Waals surface area contributed by atoms with Crippen molar-refractivity contribution in [2.45, 2.75) is 38.0 Å². The Hall–Kier alpha value is -2.08. The maximum absolute atomic E-state index is 12.5. The second kappa shape index (κ2) is 7.00. The van der Waals surface area contributed by atoms with Gasteiger partial charge in [0.15, 0.2) is 0 Å². The first-order valence-electron chi connectivity index (χ1n) is 8.06. The smallest absolute Gasteiger partial charge is 0.410 e. The van der Waals surface area contributed by atoms with Gasteiger partial charge < -0.3 is 14.7 Å². The van der Waals surface area contributed by atoms with E-state index in [0.29, 0.717) is 13.1 Å². The zero-order valence-electron chi connectivity index (χ0n) is 13.1. The van der Waals surface area contributed by atoms with Gasteiger partial charge in [0.1, 0.15) is 6.61 Å². The van der Waals surface area contributed by atoms with E-state index in [1.54, 1.807) is 0 Å². The van der Waals surface area contributed by atoms with Crippen LogP contribution in [0.15, 0.2) is 30.3 Å². The predicted molar refractivity (Wildman–Crippen MR) is 84.0 cm³/mol. The second-order valence-corrected chi connectivity index (χ2v) is 6.25. The van der Waals surface area contributed by atoms with Crippen molar-refractivity contribution in [3.8, 4) is 0 Å². The maximum atomic E-state index is 12.5. The number of ether oxygens (including phenoxy) is 1. The van der Waals surface area contributed by atoms with E-state index in [9.17, 15) is 9.59 Å². The Morgan fingerprint density at radius 1 is 1.17 bits per heavy atom. The normalized spacial score (nSPS) is 21.1. The van der Waals surface area contributed by atoms with Crippen LogP contribution in [-0.2, 0) is 16.1 Å². The lowest BCUT2D eigenvalue weighted by Gasteiger charge is -2.28. The first kappa shape index (κ1) is 15.8. The summed E-state index contributed by atoms with van der Waals surface area (Å²) in [6.07, 6.45) is 2.55. The van der Waals surface area contributed by atoms with Crippen molar-refractivity contribution in [2.75, 3.05) is 19.6 Å². The van der Waals surface area contributed by atoms with Gasteiger partial charge in [0.2, 0.25) is 0 Å². The van der Waals surface area contributed by atoms with Crippen molar-refractivity contribution < 1.29 is 19.4 Å². The highest BCUT2D eigenvalue weighted by Gasteiger charge is 2.41. The molecule has 124 valence electrons. The van der Waals surface area contributed by atoms with Crippen LogP contribution in [0.25, 0.3) is 0 Å². The van der Waals surface area contributed by atoms with Crippen molar-refractivity contribution in [1.82, 2.24) is 9.80 Å². The molecular formula is C17H22N2O4. The summed E-state index contributed by atoms with van der Waals surface area (Å²) in [6, 6.07) is 9.94. The molecule has 1 aromatic rings. The van der Waals surface area contributed by atoms with Gasteiger partial charge in [-0.2, -0.15) is 0 Å². The molecule has 1 aromatic carbocycles. The number of amides is 1. The number of carbonyl (C=O) groups excluding carboxylic acids is 1. The van der Waals surface area contributed by atoms with Crippen molar-refractivity contribution in [2.24, 2.45) is 0 Å². The van der Waals surface area contributed by atoms with E-state index in [0.717, 1.165) is 24.8 Å². The first-order chi connectivity index (χ1) is 11.1. The molecule has 1 heterocycles. The summed E-state index contributed by atoms with van der Waals surface area (Å²) in [6.45, 7) is 1.64. The molecule has 1 N–H and O–H groups in total. The molecule has 0 spiro atoms. The van der Waals surface area contributed by atoms with Crippen molar-refractivity contribution in [3.63, 3.8) is 0 Å². The zero-order valence-corrected chi connectivity index (χ0v) is 13.1. The molecule has 1 amide bonds. The molecule has 1 atom stereocenters. The topological polar surface area (TPSA) is 70.1 Å². The van der Waals surface area contributed by atoms with E-state index in [1.807, 2.05) is 40.1 Å². The van der Waals surface area contributed by atoms with Gasteiger partial charge in [0.25, 0.3) is 0 Å². The highest BCUT2D eigenvalue weighted by molar-refractivity contribution is 5.70. The minimum atomic E-state index is -0.824. The lowest BCUT2D eigenvalue weighted by Crippen LogP contribution is -2.44. The molecule has 1 aliphatic carbocycles. The standard InChI is InChI=1S/C17H22N2O4/c20-16(21)11-18-9-8-15(10-18)19(14-6-7-14)17(22)23-12-13-4-2-1-3-5-13/h1-5,14-15H,6-12H2,(H,20,21). The summed E-state index contributed by atoms with van der Waals surface area (Å²) < 4.78 is 5.47. The SMILES string of the molecule is O=C(O)CN1CCC(N(C(=O)OCc2ccccc2)C2CC2)C1. The Morgan fingerprint density at radius 3 is 2.57 bits per heavy atom. The fourth-order valence-corrected chi connectivity index (χ4v) is 3.12. The number of rotatable bonds is 6. The van der Waals surface area contributed by atoms with Gasteiger partial charge in [-0.15, -0.1) is 0 Å². The Labute approximate surface area is 135 Å². The molecule has 3 rings (SSSR count). The minimum Gasteiger partial charge on any atom is -0.480 e. The summed E-state index contributed by atoms with van der Waals surface area (Å²) in [5.74, 6) is -0.824. The van der Waals surface area contributed by atoms with Crippen LogP contribution in [0.5, 0.6) is 0 Å². The Kier molecular flexibility index (Phi) is 4.81. The van der Waals surface area contributed by atoms with E-state index in [-0.39, 0.29) is 31.3 Å². The van der Waals surface area contributed by atoms with Gasteiger partial charge in [-0.25, -0.2) is 4.79 Å². The van der Waals surface area contributed by atoms with Crippen LogP contribution in [0, 0.1) is 0 Å². The third kappa shape index (κ3) is 4.22. The predicted octanol–water partition coefficient (Wildman–Crippen LogP) is 1.95. The number of hydrogen-bond acceptors (Lipinski definition) is 4. The number of hydrogen-bond donors (Lipinski definition) is 1. The van der Waals surface area contributed by atoms with Gasteiger partial charge in [-0.3, -0.25) is 9.69 Å². The van der Waals surface area contributed by atoms with Crippen LogP contribution in [-0.4, -0.2) is 58.7 Å². The lowest BCUT2D eigenvalue weighted by molar-refractivity contribution is -0.138. The average Bonchev–Trinajstić information content (AvgIpc) is 3.26. The zero-order chi connectivity index (χ0) is 16.2. The van der Waals surface area contributed by atoms with Gasteiger partial charge in [0.05, 0.1) is 6.54 Å². The third-order valence-corrected chi connectivity index (χ3v) is 4.36. The number of carboxylic acid groups (broad SMARTS) is 1. The average molecular weight is 318 g/mol. The number of carbonyl (C=O) groups is 2.